The Morgan fingerprint density at radius 3 is 2.59 bits per heavy atom. The number of amides is 2. The maximum Gasteiger partial charge on any atom is 0.311 e. The highest BCUT2D eigenvalue weighted by Gasteiger charge is 2.37. The molecule has 27 heavy (non-hydrogen) atoms. The number of rotatable bonds is 5. The highest BCUT2D eigenvalue weighted by atomic mass is 35.5. The number of ether oxygens (including phenoxy) is 1. The molecule has 2 aromatic carbocycles. The molecular weight excluding hydrogens is 375 g/mol. The average Bonchev–Trinajstić information content (AvgIpc) is 3.04. The van der Waals surface area contributed by atoms with E-state index in [9.17, 15) is 18.8 Å². The van der Waals surface area contributed by atoms with E-state index in [2.05, 4.69) is 5.32 Å². The SMILES string of the molecule is O=C(COC(=O)[C@@H]1CC(=O)N(c2ccccc2F)C1)Nc1ccc(Cl)cc1. The highest BCUT2D eigenvalue weighted by Crippen LogP contribution is 2.27. The van der Waals surface area contributed by atoms with Crippen LogP contribution in [0.2, 0.25) is 5.02 Å². The van der Waals surface area contributed by atoms with Crippen molar-refractivity contribution in [3.63, 3.8) is 0 Å². The Morgan fingerprint density at radius 1 is 1.19 bits per heavy atom. The Labute approximate surface area is 159 Å². The van der Waals surface area contributed by atoms with Crippen molar-refractivity contribution < 1.29 is 23.5 Å². The van der Waals surface area contributed by atoms with Gasteiger partial charge in [0, 0.05) is 23.7 Å². The Balaban J connectivity index is 1.53. The predicted octanol–water partition coefficient (Wildman–Crippen LogP) is 3.01. The highest BCUT2D eigenvalue weighted by molar-refractivity contribution is 6.30. The summed E-state index contributed by atoms with van der Waals surface area (Å²) in [5, 5.41) is 3.10. The number of carbonyl (C=O) groups is 3. The molecule has 0 aliphatic carbocycles. The molecule has 1 aliphatic rings. The van der Waals surface area contributed by atoms with Gasteiger partial charge in [0.25, 0.3) is 5.91 Å². The molecule has 1 fully saturated rings. The van der Waals surface area contributed by atoms with Crippen LogP contribution >= 0.6 is 11.6 Å². The van der Waals surface area contributed by atoms with E-state index in [1.165, 1.54) is 23.1 Å². The van der Waals surface area contributed by atoms with Crippen molar-refractivity contribution in [3.8, 4) is 0 Å². The van der Waals surface area contributed by atoms with Gasteiger partial charge in [0.05, 0.1) is 11.6 Å². The first-order chi connectivity index (χ1) is 12.9. The fraction of sp³-hybridized carbons (Fsp3) is 0.211. The second-order valence-electron chi connectivity index (χ2n) is 6.02. The zero-order chi connectivity index (χ0) is 19.4. The number of nitrogens with zero attached hydrogens (tertiary/aromatic N) is 1. The first-order valence-corrected chi connectivity index (χ1v) is 8.59. The van der Waals surface area contributed by atoms with E-state index in [-0.39, 0.29) is 24.6 Å². The minimum absolute atomic E-state index is 0.0113. The van der Waals surface area contributed by atoms with Gasteiger partial charge in [0.2, 0.25) is 5.91 Å². The van der Waals surface area contributed by atoms with Crippen LogP contribution < -0.4 is 10.2 Å². The molecule has 0 spiro atoms. The summed E-state index contributed by atoms with van der Waals surface area (Å²) in [6, 6.07) is 12.3. The van der Waals surface area contributed by atoms with E-state index in [1.807, 2.05) is 0 Å². The summed E-state index contributed by atoms with van der Waals surface area (Å²) >= 11 is 5.76. The maximum absolute atomic E-state index is 13.9. The fourth-order valence-corrected chi connectivity index (χ4v) is 2.88. The third-order valence-corrected chi connectivity index (χ3v) is 4.33. The average molecular weight is 391 g/mol. The fourth-order valence-electron chi connectivity index (χ4n) is 2.75. The number of para-hydroxylation sites is 1. The molecule has 0 saturated carbocycles. The molecule has 2 aromatic rings. The molecule has 0 bridgehead atoms. The van der Waals surface area contributed by atoms with Crippen molar-refractivity contribution in [1.82, 2.24) is 0 Å². The van der Waals surface area contributed by atoms with Gasteiger partial charge in [-0.3, -0.25) is 14.4 Å². The summed E-state index contributed by atoms with van der Waals surface area (Å²) in [5.41, 5.74) is 0.639. The lowest BCUT2D eigenvalue weighted by Gasteiger charge is -2.17. The van der Waals surface area contributed by atoms with Crippen molar-refractivity contribution in [1.29, 1.82) is 0 Å². The molecule has 1 N–H and O–H groups in total. The van der Waals surface area contributed by atoms with E-state index in [0.717, 1.165) is 0 Å². The third-order valence-electron chi connectivity index (χ3n) is 4.08. The summed E-state index contributed by atoms with van der Waals surface area (Å²) < 4.78 is 18.9. The molecule has 0 radical (unpaired) electrons. The van der Waals surface area contributed by atoms with Crippen LogP contribution in [-0.4, -0.2) is 30.9 Å². The number of esters is 1. The van der Waals surface area contributed by atoms with Crippen molar-refractivity contribution in [3.05, 3.63) is 59.4 Å². The van der Waals surface area contributed by atoms with Gasteiger partial charge in [-0.15, -0.1) is 0 Å². The van der Waals surface area contributed by atoms with Crippen LogP contribution in [0.15, 0.2) is 48.5 Å². The van der Waals surface area contributed by atoms with E-state index >= 15 is 0 Å². The van der Waals surface area contributed by atoms with Crippen LogP contribution in [0.1, 0.15) is 6.42 Å². The lowest BCUT2D eigenvalue weighted by molar-refractivity contribution is -0.151. The molecule has 1 saturated heterocycles. The van der Waals surface area contributed by atoms with Crippen molar-refractivity contribution in [2.45, 2.75) is 6.42 Å². The van der Waals surface area contributed by atoms with Gasteiger partial charge in [-0.2, -0.15) is 0 Å². The molecule has 0 unspecified atom stereocenters. The number of halogens is 2. The normalized spacial score (nSPS) is 16.3. The maximum atomic E-state index is 13.9. The second-order valence-corrected chi connectivity index (χ2v) is 6.46. The Morgan fingerprint density at radius 2 is 1.89 bits per heavy atom. The number of hydrogen-bond donors (Lipinski definition) is 1. The molecule has 140 valence electrons. The quantitative estimate of drug-likeness (QED) is 0.796. The summed E-state index contributed by atoms with van der Waals surface area (Å²) in [6.07, 6.45) is -0.0913. The van der Waals surface area contributed by atoms with Crippen molar-refractivity contribution >= 4 is 40.8 Å². The van der Waals surface area contributed by atoms with Gasteiger partial charge in [-0.05, 0) is 36.4 Å². The van der Waals surface area contributed by atoms with Crippen LogP contribution in [0, 0.1) is 11.7 Å². The van der Waals surface area contributed by atoms with Gasteiger partial charge in [-0.1, -0.05) is 23.7 Å². The lowest BCUT2D eigenvalue weighted by Crippen LogP contribution is -2.28. The number of hydrogen-bond acceptors (Lipinski definition) is 4. The molecule has 3 rings (SSSR count). The summed E-state index contributed by atoms with van der Waals surface area (Å²) in [5.74, 6) is -2.84. The van der Waals surface area contributed by atoms with Gasteiger partial charge in [0.15, 0.2) is 6.61 Å². The van der Waals surface area contributed by atoms with Crippen LogP contribution in [-0.2, 0) is 19.1 Å². The summed E-state index contributed by atoms with van der Waals surface area (Å²) in [6.45, 7) is -0.469. The molecule has 1 aliphatic heterocycles. The Kier molecular flexibility index (Phi) is 5.71. The van der Waals surface area contributed by atoms with Gasteiger partial charge in [0.1, 0.15) is 5.82 Å². The van der Waals surface area contributed by atoms with E-state index in [0.29, 0.717) is 10.7 Å². The predicted molar refractivity (Wildman–Crippen MR) is 97.9 cm³/mol. The number of benzene rings is 2. The van der Waals surface area contributed by atoms with E-state index < -0.39 is 30.2 Å². The summed E-state index contributed by atoms with van der Waals surface area (Å²) in [7, 11) is 0. The lowest BCUT2D eigenvalue weighted by atomic mass is 10.1. The molecule has 2 amide bonds. The van der Waals surface area contributed by atoms with E-state index in [1.54, 1.807) is 30.3 Å². The van der Waals surface area contributed by atoms with Gasteiger partial charge >= 0.3 is 5.97 Å². The Bertz CT molecular complexity index is 872. The number of carbonyl (C=O) groups excluding carboxylic acids is 3. The zero-order valence-electron chi connectivity index (χ0n) is 14.2. The molecule has 1 atom stereocenters. The molecule has 8 heteroatoms. The van der Waals surface area contributed by atoms with Crippen LogP contribution in [0.25, 0.3) is 0 Å². The summed E-state index contributed by atoms with van der Waals surface area (Å²) in [4.78, 5) is 37.4. The molecule has 1 heterocycles. The van der Waals surface area contributed by atoms with Gasteiger partial charge < -0.3 is 15.0 Å². The Hall–Kier alpha value is -2.93. The second kappa shape index (κ2) is 8.18. The molecular formula is C19H16ClFN2O4. The largest absolute Gasteiger partial charge is 0.455 e. The van der Waals surface area contributed by atoms with Crippen molar-refractivity contribution in [2.24, 2.45) is 5.92 Å². The van der Waals surface area contributed by atoms with Gasteiger partial charge in [-0.25, -0.2) is 4.39 Å². The van der Waals surface area contributed by atoms with Crippen LogP contribution in [0.4, 0.5) is 15.8 Å². The smallest absolute Gasteiger partial charge is 0.311 e. The minimum Gasteiger partial charge on any atom is -0.455 e. The van der Waals surface area contributed by atoms with Crippen LogP contribution in [0.3, 0.4) is 0 Å². The number of anilines is 2. The first kappa shape index (κ1) is 18.8. The number of nitrogens with one attached hydrogen (secondary N) is 1. The molecule has 0 aromatic heterocycles. The minimum atomic E-state index is -0.750. The van der Waals surface area contributed by atoms with Crippen molar-refractivity contribution in [2.75, 3.05) is 23.4 Å². The zero-order valence-corrected chi connectivity index (χ0v) is 14.9. The first-order valence-electron chi connectivity index (χ1n) is 8.21. The standard InChI is InChI=1S/C19H16ClFN2O4/c20-13-5-7-14(8-6-13)22-17(24)11-27-19(26)12-9-18(25)23(10-12)16-4-2-1-3-15(16)21/h1-8,12H,9-11H2,(H,22,24)/t12-/m1/s1. The monoisotopic (exact) mass is 390 g/mol. The van der Waals surface area contributed by atoms with E-state index in [4.69, 9.17) is 16.3 Å². The van der Waals surface area contributed by atoms with Crippen LogP contribution in [0.5, 0.6) is 0 Å². The molecule has 6 nitrogen and oxygen atoms in total. The third kappa shape index (κ3) is 4.62. The topological polar surface area (TPSA) is 75.7 Å².